The summed E-state index contributed by atoms with van der Waals surface area (Å²) < 4.78 is 0. The van der Waals surface area contributed by atoms with Gasteiger partial charge < -0.3 is 11.1 Å². The van der Waals surface area contributed by atoms with E-state index < -0.39 is 0 Å². The Bertz CT molecular complexity index is 678. The molecule has 1 heterocycles. The van der Waals surface area contributed by atoms with Gasteiger partial charge in [-0.3, -0.25) is 4.79 Å². The minimum atomic E-state index is -0.372. The molecule has 2 aromatic carbocycles. The number of allylic oxidation sites excluding steroid dienone is 2. The summed E-state index contributed by atoms with van der Waals surface area (Å²) in [5.74, 6) is -0.404. The molecule has 0 saturated carbocycles. The van der Waals surface area contributed by atoms with E-state index in [1.165, 1.54) is 0 Å². The molecule has 0 saturated heterocycles. The molecule has 0 aliphatic carbocycles. The molecular weight excluding hydrogens is 272 g/mol. The van der Waals surface area contributed by atoms with Gasteiger partial charge in [0.2, 0.25) is 5.91 Å². The fraction of sp³-hybridized carbons (Fsp3) is 0.105. The Kier molecular flexibility index (Phi) is 4.05. The quantitative estimate of drug-likeness (QED) is 0.909. The number of hydrogen-bond acceptors (Lipinski definition) is 2. The van der Waals surface area contributed by atoms with E-state index in [9.17, 15) is 4.79 Å². The number of hydrogen-bond donors (Lipinski definition) is 2. The van der Waals surface area contributed by atoms with Gasteiger partial charge in [0.25, 0.3) is 0 Å². The average molecular weight is 290 g/mol. The number of carbonyl (C=O) groups excluding carboxylic acids is 1. The second-order valence-electron chi connectivity index (χ2n) is 5.26. The van der Waals surface area contributed by atoms with Gasteiger partial charge in [0.1, 0.15) is 0 Å². The number of benzene rings is 2. The van der Waals surface area contributed by atoms with Gasteiger partial charge in [-0.05, 0) is 23.7 Å². The van der Waals surface area contributed by atoms with Crippen molar-refractivity contribution in [2.24, 2.45) is 5.73 Å². The minimum absolute atomic E-state index is 0.0325. The molecule has 0 aromatic heterocycles. The second kappa shape index (κ2) is 6.31. The summed E-state index contributed by atoms with van der Waals surface area (Å²) in [6, 6.07) is 20.3. The van der Waals surface area contributed by atoms with Crippen molar-refractivity contribution in [1.29, 1.82) is 0 Å². The molecule has 110 valence electrons. The highest BCUT2D eigenvalue weighted by Gasteiger charge is 2.25. The molecule has 0 atom stereocenters. The van der Waals surface area contributed by atoms with Crippen LogP contribution < -0.4 is 11.1 Å². The van der Waals surface area contributed by atoms with Gasteiger partial charge in [-0.15, -0.1) is 0 Å². The third kappa shape index (κ3) is 2.79. The van der Waals surface area contributed by atoms with Crippen LogP contribution in [0.25, 0.3) is 0 Å². The number of carbonyl (C=O) groups is 1. The highest BCUT2D eigenvalue weighted by Crippen LogP contribution is 2.34. The summed E-state index contributed by atoms with van der Waals surface area (Å²) in [7, 11) is 0. The molecule has 1 aliphatic rings. The molecule has 1 amide bonds. The lowest BCUT2D eigenvalue weighted by atomic mass is 9.85. The number of dihydropyridines is 1. The van der Waals surface area contributed by atoms with Gasteiger partial charge in [-0.25, -0.2) is 0 Å². The van der Waals surface area contributed by atoms with E-state index in [0.29, 0.717) is 12.0 Å². The highest BCUT2D eigenvalue weighted by molar-refractivity contribution is 5.93. The van der Waals surface area contributed by atoms with Crippen molar-refractivity contribution >= 4 is 5.91 Å². The monoisotopic (exact) mass is 290 g/mol. The van der Waals surface area contributed by atoms with Gasteiger partial charge in [-0.2, -0.15) is 0 Å². The summed E-state index contributed by atoms with van der Waals surface area (Å²) >= 11 is 0. The van der Waals surface area contributed by atoms with Crippen LogP contribution in [0.2, 0.25) is 0 Å². The maximum atomic E-state index is 11.8. The van der Waals surface area contributed by atoms with Crippen molar-refractivity contribution in [2.75, 3.05) is 0 Å². The highest BCUT2D eigenvalue weighted by atomic mass is 16.1. The number of rotatable bonds is 4. The number of primary amides is 1. The van der Waals surface area contributed by atoms with Crippen LogP contribution in [0.5, 0.6) is 0 Å². The van der Waals surface area contributed by atoms with Gasteiger partial charge in [0.05, 0.1) is 0 Å². The van der Waals surface area contributed by atoms with Gasteiger partial charge >= 0.3 is 0 Å². The van der Waals surface area contributed by atoms with E-state index in [0.717, 1.165) is 16.8 Å². The summed E-state index contributed by atoms with van der Waals surface area (Å²) in [6.45, 7) is 0. The Morgan fingerprint density at radius 2 is 1.50 bits per heavy atom. The fourth-order valence-electron chi connectivity index (χ4n) is 2.83. The zero-order chi connectivity index (χ0) is 15.4. The fourth-order valence-corrected chi connectivity index (χ4v) is 2.83. The van der Waals surface area contributed by atoms with Crippen LogP contribution in [-0.4, -0.2) is 5.91 Å². The van der Waals surface area contributed by atoms with Crippen LogP contribution in [0, 0.1) is 0 Å². The summed E-state index contributed by atoms with van der Waals surface area (Å²) in [4.78, 5) is 11.8. The van der Waals surface area contributed by atoms with Crippen molar-refractivity contribution < 1.29 is 4.79 Å². The first-order valence-corrected chi connectivity index (χ1v) is 7.31. The molecule has 3 nitrogen and oxygen atoms in total. The van der Waals surface area contributed by atoms with E-state index >= 15 is 0 Å². The lowest BCUT2D eigenvalue weighted by Gasteiger charge is -2.26. The molecule has 0 bridgehead atoms. The molecular formula is C19H18N2O. The lowest BCUT2D eigenvalue weighted by molar-refractivity contribution is -0.114. The van der Waals surface area contributed by atoms with E-state index in [2.05, 4.69) is 29.6 Å². The Hall–Kier alpha value is -2.81. The van der Waals surface area contributed by atoms with Gasteiger partial charge in [-0.1, -0.05) is 66.7 Å². The van der Waals surface area contributed by atoms with Crippen LogP contribution >= 0.6 is 0 Å². The predicted molar refractivity (Wildman–Crippen MR) is 87.8 cm³/mol. The molecule has 2 aromatic rings. The van der Waals surface area contributed by atoms with Crippen molar-refractivity contribution in [3.63, 3.8) is 0 Å². The smallest absolute Gasteiger partial charge is 0.246 e. The molecule has 0 spiro atoms. The molecule has 0 radical (unpaired) electrons. The number of amides is 1. The van der Waals surface area contributed by atoms with Crippen LogP contribution in [-0.2, 0) is 4.79 Å². The van der Waals surface area contributed by atoms with Crippen molar-refractivity contribution in [3.05, 3.63) is 95.3 Å². The molecule has 0 fully saturated rings. The van der Waals surface area contributed by atoms with Crippen LogP contribution in [0.1, 0.15) is 23.5 Å². The minimum Gasteiger partial charge on any atom is -0.366 e. The normalized spacial score (nSPS) is 14.0. The number of nitrogens with one attached hydrogen (secondary N) is 1. The Morgan fingerprint density at radius 3 is 2.00 bits per heavy atom. The molecule has 0 unspecified atom stereocenters. The zero-order valence-corrected chi connectivity index (χ0v) is 12.2. The molecule has 3 heteroatoms. The Balaban J connectivity index is 2.16. The van der Waals surface area contributed by atoms with Crippen molar-refractivity contribution in [2.45, 2.75) is 12.3 Å². The van der Waals surface area contributed by atoms with E-state index in [1.54, 1.807) is 0 Å². The van der Waals surface area contributed by atoms with Gasteiger partial charge in [0, 0.05) is 17.2 Å². The maximum Gasteiger partial charge on any atom is 0.246 e. The van der Waals surface area contributed by atoms with Crippen LogP contribution in [0.3, 0.4) is 0 Å². The van der Waals surface area contributed by atoms with Crippen molar-refractivity contribution in [1.82, 2.24) is 5.32 Å². The molecule has 3 rings (SSSR count). The third-order valence-corrected chi connectivity index (χ3v) is 3.86. The molecule has 1 aliphatic heterocycles. The molecule has 3 N–H and O–H groups in total. The van der Waals surface area contributed by atoms with Crippen LogP contribution in [0.4, 0.5) is 0 Å². The average Bonchev–Trinajstić information content (AvgIpc) is 2.57. The predicted octanol–water partition coefficient (Wildman–Crippen LogP) is 3.06. The third-order valence-electron chi connectivity index (χ3n) is 3.86. The molecule has 22 heavy (non-hydrogen) atoms. The lowest BCUT2D eigenvalue weighted by Crippen LogP contribution is -2.26. The van der Waals surface area contributed by atoms with Crippen LogP contribution in [0.15, 0.2) is 84.2 Å². The first kappa shape index (κ1) is 14.1. The van der Waals surface area contributed by atoms with E-state index in [1.807, 2.05) is 48.7 Å². The largest absolute Gasteiger partial charge is 0.366 e. The second-order valence-corrected chi connectivity index (χ2v) is 5.26. The first-order valence-electron chi connectivity index (χ1n) is 7.31. The number of nitrogens with two attached hydrogens (primary N) is 1. The Labute approximate surface area is 130 Å². The summed E-state index contributed by atoms with van der Waals surface area (Å²) in [5, 5.41) is 3.25. The maximum absolute atomic E-state index is 11.8. The standard InChI is InChI=1S/C19H18N2O/c20-19(22)16-12-7-13-21-18(16)17(14-8-3-1-4-9-14)15-10-5-2-6-11-15/h1-11,13,17,21H,12H2,(H2,20,22). The zero-order valence-electron chi connectivity index (χ0n) is 12.2. The van der Waals surface area contributed by atoms with Gasteiger partial charge in [0.15, 0.2) is 0 Å². The summed E-state index contributed by atoms with van der Waals surface area (Å²) in [5.41, 5.74) is 9.35. The topological polar surface area (TPSA) is 55.1 Å². The summed E-state index contributed by atoms with van der Waals surface area (Å²) in [6.07, 6.45) is 4.35. The van der Waals surface area contributed by atoms with E-state index in [-0.39, 0.29) is 11.8 Å². The van der Waals surface area contributed by atoms with Crippen molar-refractivity contribution in [3.8, 4) is 0 Å². The SMILES string of the molecule is NC(=O)C1=C(C(c2ccccc2)c2ccccc2)NC=CC1. The Morgan fingerprint density at radius 1 is 0.955 bits per heavy atom. The van der Waals surface area contributed by atoms with E-state index in [4.69, 9.17) is 5.73 Å². The first-order chi connectivity index (χ1) is 10.8.